The van der Waals surface area contributed by atoms with Gasteiger partial charge in [-0.25, -0.2) is 8.78 Å². The second-order valence-corrected chi connectivity index (χ2v) is 7.71. The molecule has 1 amide bonds. The van der Waals surface area contributed by atoms with Gasteiger partial charge in [-0.05, 0) is 68.5 Å². The Morgan fingerprint density at radius 3 is 2.79 bits per heavy atom. The first-order valence-corrected chi connectivity index (χ1v) is 10.00. The first-order chi connectivity index (χ1) is 13.6. The van der Waals surface area contributed by atoms with Gasteiger partial charge in [0.1, 0.15) is 0 Å². The minimum Gasteiger partial charge on any atom is -0.334 e. The number of carbonyl (C=O) groups is 1. The minimum atomic E-state index is -0.851. The number of nitrogens with zero attached hydrogens (tertiary/aromatic N) is 2. The number of hydrogen-bond donors (Lipinski definition) is 1. The van der Waals surface area contributed by atoms with E-state index in [1.54, 1.807) is 12.3 Å². The summed E-state index contributed by atoms with van der Waals surface area (Å²) >= 11 is 0. The Labute approximate surface area is 176 Å². The smallest absolute Gasteiger partial charge is 0.226 e. The topological polar surface area (TPSA) is 45.2 Å². The Kier molecular flexibility index (Phi) is 7.19. The lowest BCUT2D eigenvalue weighted by atomic mass is 10.0. The number of nitrogens with one attached hydrogen (secondary N) is 1. The molecule has 1 saturated heterocycles. The van der Waals surface area contributed by atoms with Crippen LogP contribution < -0.4 is 5.32 Å². The van der Waals surface area contributed by atoms with Crippen molar-refractivity contribution in [3.63, 3.8) is 0 Å². The van der Waals surface area contributed by atoms with Crippen LogP contribution in [0.3, 0.4) is 0 Å². The summed E-state index contributed by atoms with van der Waals surface area (Å²) < 4.78 is 27.8. The van der Waals surface area contributed by atoms with Crippen LogP contribution >= 0.6 is 12.4 Å². The molecular formula is C22H26ClF2N3O. The first kappa shape index (κ1) is 21.7. The summed E-state index contributed by atoms with van der Waals surface area (Å²) in [6, 6.07) is 10.1. The van der Waals surface area contributed by atoms with Crippen molar-refractivity contribution in [2.75, 3.05) is 13.1 Å². The van der Waals surface area contributed by atoms with Crippen LogP contribution in [0.5, 0.6) is 0 Å². The second-order valence-electron chi connectivity index (χ2n) is 7.71. The van der Waals surface area contributed by atoms with Crippen LogP contribution in [-0.4, -0.2) is 34.9 Å². The van der Waals surface area contributed by atoms with Crippen molar-refractivity contribution in [1.29, 1.82) is 0 Å². The monoisotopic (exact) mass is 421 g/mol. The molecule has 0 spiro atoms. The fraction of sp³-hybridized carbons (Fsp3) is 0.455. The average Bonchev–Trinajstić information content (AvgIpc) is 3.53. The van der Waals surface area contributed by atoms with Crippen molar-refractivity contribution in [3.05, 3.63) is 65.5 Å². The summed E-state index contributed by atoms with van der Waals surface area (Å²) in [6.45, 7) is 2.30. The summed E-state index contributed by atoms with van der Waals surface area (Å²) in [5, 5.41) is 3.38. The lowest BCUT2D eigenvalue weighted by Gasteiger charge is -2.31. The number of aromatic nitrogens is 1. The van der Waals surface area contributed by atoms with E-state index in [0.29, 0.717) is 18.5 Å². The number of hydrogen-bond acceptors (Lipinski definition) is 3. The van der Waals surface area contributed by atoms with Crippen LogP contribution in [0.1, 0.15) is 42.9 Å². The van der Waals surface area contributed by atoms with E-state index in [1.807, 2.05) is 23.1 Å². The van der Waals surface area contributed by atoms with Gasteiger partial charge in [-0.3, -0.25) is 9.78 Å². The minimum absolute atomic E-state index is 0. The number of carbonyl (C=O) groups excluding carboxylic acids is 1. The zero-order valence-corrected chi connectivity index (χ0v) is 17.0. The molecule has 1 aromatic carbocycles. The maximum atomic E-state index is 14.2. The second kappa shape index (κ2) is 9.63. The lowest BCUT2D eigenvalue weighted by molar-refractivity contribution is -0.136. The molecule has 1 saturated carbocycles. The van der Waals surface area contributed by atoms with Crippen LogP contribution in [0.2, 0.25) is 0 Å². The summed E-state index contributed by atoms with van der Waals surface area (Å²) in [5.41, 5.74) is 1.17. The van der Waals surface area contributed by atoms with E-state index in [4.69, 9.17) is 0 Å². The van der Waals surface area contributed by atoms with E-state index in [9.17, 15) is 13.6 Å². The summed E-state index contributed by atoms with van der Waals surface area (Å²) in [5.74, 6) is -2.16. The van der Waals surface area contributed by atoms with E-state index in [1.165, 1.54) is 6.07 Å². The molecule has 1 aliphatic heterocycles. The van der Waals surface area contributed by atoms with Gasteiger partial charge in [0.15, 0.2) is 11.6 Å². The molecule has 29 heavy (non-hydrogen) atoms. The largest absolute Gasteiger partial charge is 0.334 e. The van der Waals surface area contributed by atoms with Gasteiger partial charge in [0.25, 0.3) is 0 Å². The van der Waals surface area contributed by atoms with Crippen LogP contribution in [-0.2, 0) is 11.3 Å². The fourth-order valence-corrected chi connectivity index (χ4v) is 4.20. The van der Waals surface area contributed by atoms with Gasteiger partial charge in [0.05, 0.1) is 12.2 Å². The molecule has 1 aromatic heterocycles. The number of amides is 1. The number of benzene rings is 1. The van der Waals surface area contributed by atoms with E-state index in [2.05, 4.69) is 10.3 Å². The highest BCUT2D eigenvalue weighted by atomic mass is 35.5. The van der Waals surface area contributed by atoms with Gasteiger partial charge < -0.3 is 10.2 Å². The van der Waals surface area contributed by atoms with Crippen molar-refractivity contribution < 1.29 is 13.6 Å². The zero-order chi connectivity index (χ0) is 19.5. The molecular weight excluding hydrogens is 396 g/mol. The number of rotatable bonds is 5. The Morgan fingerprint density at radius 1 is 1.14 bits per heavy atom. The van der Waals surface area contributed by atoms with Crippen LogP contribution in [0, 0.1) is 17.6 Å². The van der Waals surface area contributed by atoms with Crippen LogP contribution in [0.4, 0.5) is 8.78 Å². The van der Waals surface area contributed by atoms with Crippen molar-refractivity contribution >= 4 is 18.3 Å². The molecule has 2 aromatic rings. The van der Waals surface area contributed by atoms with E-state index in [-0.39, 0.29) is 36.2 Å². The molecule has 3 unspecified atom stereocenters. The Morgan fingerprint density at radius 2 is 2.00 bits per heavy atom. The Balaban J connectivity index is 0.00000240. The molecule has 4 nitrogen and oxygen atoms in total. The highest BCUT2D eigenvalue weighted by Crippen LogP contribution is 2.50. The normalized spacial score (nSPS) is 23.6. The third-order valence-electron chi connectivity index (χ3n) is 5.82. The quantitative estimate of drug-likeness (QED) is 0.792. The van der Waals surface area contributed by atoms with Gasteiger partial charge in [0, 0.05) is 18.2 Å². The molecule has 2 fully saturated rings. The van der Waals surface area contributed by atoms with Gasteiger partial charge in [-0.15, -0.1) is 12.4 Å². The first-order valence-electron chi connectivity index (χ1n) is 10.00. The van der Waals surface area contributed by atoms with Crippen molar-refractivity contribution in [3.8, 4) is 0 Å². The van der Waals surface area contributed by atoms with Crippen molar-refractivity contribution in [2.24, 2.45) is 5.92 Å². The predicted octanol–water partition coefficient (Wildman–Crippen LogP) is 4.06. The summed E-state index contributed by atoms with van der Waals surface area (Å²) in [7, 11) is 0. The molecule has 3 atom stereocenters. The molecule has 2 aliphatic rings. The van der Waals surface area contributed by atoms with E-state index >= 15 is 0 Å². The summed E-state index contributed by atoms with van der Waals surface area (Å²) in [6.07, 6.45) is 5.16. The predicted molar refractivity (Wildman–Crippen MR) is 110 cm³/mol. The highest BCUT2D eigenvalue weighted by Gasteiger charge is 2.48. The summed E-state index contributed by atoms with van der Waals surface area (Å²) in [4.78, 5) is 19.7. The maximum absolute atomic E-state index is 14.2. The van der Waals surface area contributed by atoms with Gasteiger partial charge >= 0.3 is 0 Å². The lowest BCUT2D eigenvalue weighted by Crippen LogP contribution is -2.41. The van der Waals surface area contributed by atoms with Gasteiger partial charge in [-0.2, -0.15) is 0 Å². The van der Waals surface area contributed by atoms with Crippen molar-refractivity contribution in [1.82, 2.24) is 15.2 Å². The Hall–Kier alpha value is -2.05. The molecule has 2 heterocycles. The molecule has 1 aliphatic carbocycles. The molecule has 0 bridgehead atoms. The Bertz CT molecular complexity index is 828. The van der Waals surface area contributed by atoms with E-state index < -0.39 is 11.6 Å². The van der Waals surface area contributed by atoms with E-state index in [0.717, 1.165) is 44.1 Å². The van der Waals surface area contributed by atoms with Gasteiger partial charge in [0.2, 0.25) is 5.91 Å². The fourth-order valence-electron chi connectivity index (χ4n) is 4.20. The standard InChI is InChI=1S/C22H25F2N3O.ClH/c23-20-8-3-7-17(21(20)24)18-13-19(18)22(28)27(14-15-5-1-2-11-26-15)16-6-4-10-25-12-9-16;/h1-3,5,7-8,11,16,18-19,25H,4,6,9-10,12-14H2;1H. The zero-order valence-electron chi connectivity index (χ0n) is 16.2. The molecule has 1 N–H and O–H groups in total. The molecule has 4 rings (SSSR count). The van der Waals surface area contributed by atoms with Crippen LogP contribution in [0.25, 0.3) is 0 Å². The SMILES string of the molecule is Cl.O=C(C1CC1c1cccc(F)c1F)N(Cc1ccccn1)C1CCCNCC1. The van der Waals surface area contributed by atoms with Crippen LogP contribution in [0.15, 0.2) is 42.6 Å². The number of pyridine rings is 1. The third kappa shape index (κ3) is 4.93. The molecule has 7 heteroatoms. The highest BCUT2D eigenvalue weighted by molar-refractivity contribution is 5.85. The average molecular weight is 422 g/mol. The molecule has 0 radical (unpaired) electrons. The van der Waals surface area contributed by atoms with Crippen molar-refractivity contribution in [2.45, 2.75) is 44.2 Å². The molecule has 156 valence electrons. The third-order valence-corrected chi connectivity index (χ3v) is 5.82. The van der Waals surface area contributed by atoms with Gasteiger partial charge in [-0.1, -0.05) is 18.2 Å². The maximum Gasteiger partial charge on any atom is 0.226 e. The number of halogens is 3.